The second-order valence-corrected chi connectivity index (χ2v) is 12.2. The zero-order valence-corrected chi connectivity index (χ0v) is 25.8. The number of aromatic amines is 1. The van der Waals surface area contributed by atoms with E-state index < -0.39 is 0 Å². The lowest BCUT2D eigenvalue weighted by Gasteiger charge is -2.15. The molecular weight excluding hydrogens is 587 g/mol. The van der Waals surface area contributed by atoms with Gasteiger partial charge in [-0.2, -0.15) is 0 Å². The average Bonchev–Trinajstić information content (AvgIpc) is 3.68. The third-order valence-electron chi connectivity index (χ3n) is 9.38. The van der Waals surface area contributed by atoms with Crippen LogP contribution in [0.3, 0.4) is 0 Å². The summed E-state index contributed by atoms with van der Waals surface area (Å²) in [4.78, 5) is 18.7. The van der Waals surface area contributed by atoms with Crippen LogP contribution in [-0.4, -0.2) is 24.5 Å². The molecule has 1 N–H and O–H groups in total. The van der Waals surface area contributed by atoms with Crippen LogP contribution in [0.2, 0.25) is 0 Å². The summed E-state index contributed by atoms with van der Waals surface area (Å²) in [7, 11) is 0. The van der Waals surface area contributed by atoms with E-state index in [1.54, 1.807) is 0 Å². The minimum Gasteiger partial charge on any atom is -0.354 e. The van der Waals surface area contributed by atoms with Gasteiger partial charge in [-0.25, -0.2) is 15.0 Å². The number of aromatic nitrogens is 5. The first-order valence-electron chi connectivity index (χ1n) is 16.1. The minimum absolute atomic E-state index is 0.646. The number of nitrogens with zero attached hydrogens (tertiary/aromatic N) is 4. The molecule has 0 aliphatic heterocycles. The Kier molecular flexibility index (Phi) is 5.81. The van der Waals surface area contributed by atoms with Gasteiger partial charge in [-0.15, -0.1) is 0 Å². The van der Waals surface area contributed by atoms with E-state index in [2.05, 4.69) is 107 Å². The molecule has 5 heteroatoms. The molecule has 0 unspecified atom stereocenters. The lowest BCUT2D eigenvalue weighted by Crippen LogP contribution is -2.01. The Bertz CT molecular complexity index is 2770. The quantitative estimate of drug-likeness (QED) is 0.215. The number of fused-ring (bicyclic) bond motifs is 7. The third-order valence-corrected chi connectivity index (χ3v) is 9.38. The Morgan fingerprint density at radius 2 is 0.958 bits per heavy atom. The molecule has 7 aromatic carbocycles. The SMILES string of the molecule is c1ccc(-c2nc(-c3ccccc3)nc(-c3ccc(-n4c5ccccc5c5cc6c(cc54)[nH]c4ccccc46)c4ccccc34)n2)cc1. The predicted molar refractivity (Wildman–Crippen MR) is 197 cm³/mol. The smallest absolute Gasteiger partial charge is 0.164 e. The first kappa shape index (κ1) is 26.6. The van der Waals surface area contributed by atoms with E-state index in [0.29, 0.717) is 17.5 Å². The molecule has 0 saturated heterocycles. The summed E-state index contributed by atoms with van der Waals surface area (Å²) in [6.45, 7) is 0. The Morgan fingerprint density at radius 3 is 1.69 bits per heavy atom. The van der Waals surface area contributed by atoms with E-state index in [4.69, 9.17) is 15.0 Å². The first-order chi connectivity index (χ1) is 23.8. The first-order valence-corrected chi connectivity index (χ1v) is 16.1. The summed E-state index contributed by atoms with van der Waals surface area (Å²) in [5.41, 5.74) is 8.57. The predicted octanol–water partition coefficient (Wildman–Crippen LogP) is 10.8. The maximum Gasteiger partial charge on any atom is 0.164 e. The van der Waals surface area contributed by atoms with E-state index in [1.807, 2.05) is 60.7 Å². The number of nitrogens with one attached hydrogen (secondary N) is 1. The summed E-state index contributed by atoms with van der Waals surface area (Å²) >= 11 is 0. The van der Waals surface area contributed by atoms with Gasteiger partial charge in [-0.1, -0.05) is 121 Å². The topological polar surface area (TPSA) is 59.4 Å². The Hall–Kier alpha value is -6.59. The maximum absolute atomic E-state index is 5.06. The molecule has 0 atom stereocenters. The van der Waals surface area contributed by atoms with Gasteiger partial charge in [0.05, 0.1) is 16.7 Å². The van der Waals surface area contributed by atoms with Crippen molar-refractivity contribution in [2.45, 2.75) is 0 Å². The van der Waals surface area contributed by atoms with Crippen LogP contribution in [-0.2, 0) is 0 Å². The zero-order valence-electron chi connectivity index (χ0n) is 25.8. The summed E-state index contributed by atoms with van der Waals surface area (Å²) < 4.78 is 2.40. The van der Waals surface area contributed by atoms with Crippen LogP contribution in [0, 0.1) is 0 Å². The highest BCUT2D eigenvalue weighted by molar-refractivity contribution is 6.19. The molecule has 0 saturated carbocycles. The van der Waals surface area contributed by atoms with Gasteiger partial charge in [0.25, 0.3) is 0 Å². The molecular formula is C43H27N5. The fourth-order valence-corrected chi connectivity index (χ4v) is 7.18. The average molecular weight is 614 g/mol. The highest BCUT2D eigenvalue weighted by Crippen LogP contribution is 2.40. The third kappa shape index (κ3) is 4.08. The van der Waals surface area contributed by atoms with Crippen LogP contribution in [0.15, 0.2) is 158 Å². The number of hydrogen-bond donors (Lipinski definition) is 1. The van der Waals surface area contributed by atoms with Crippen LogP contribution in [0.4, 0.5) is 0 Å². The Morgan fingerprint density at radius 1 is 0.375 bits per heavy atom. The number of rotatable bonds is 4. The lowest BCUT2D eigenvalue weighted by atomic mass is 10.0. The molecule has 0 aliphatic rings. The van der Waals surface area contributed by atoms with Crippen molar-refractivity contribution in [2.75, 3.05) is 0 Å². The van der Waals surface area contributed by atoms with Crippen molar-refractivity contribution in [3.63, 3.8) is 0 Å². The maximum atomic E-state index is 5.06. The lowest BCUT2D eigenvalue weighted by molar-refractivity contribution is 1.08. The van der Waals surface area contributed by atoms with E-state index in [1.165, 1.54) is 27.1 Å². The number of para-hydroxylation sites is 2. The number of H-pyrrole nitrogens is 1. The molecule has 224 valence electrons. The highest BCUT2D eigenvalue weighted by atomic mass is 15.0. The van der Waals surface area contributed by atoms with Gasteiger partial charge in [0.1, 0.15) is 0 Å². The van der Waals surface area contributed by atoms with Gasteiger partial charge in [0, 0.05) is 54.7 Å². The van der Waals surface area contributed by atoms with E-state index in [9.17, 15) is 0 Å². The zero-order chi connectivity index (χ0) is 31.6. The summed E-state index contributed by atoms with van der Waals surface area (Å²) in [6, 6.07) is 55.1. The van der Waals surface area contributed by atoms with Crippen molar-refractivity contribution in [1.82, 2.24) is 24.5 Å². The number of hydrogen-bond acceptors (Lipinski definition) is 3. The van der Waals surface area contributed by atoms with Crippen molar-refractivity contribution >= 4 is 54.4 Å². The molecule has 3 heterocycles. The molecule has 0 fully saturated rings. The van der Waals surface area contributed by atoms with Crippen molar-refractivity contribution in [3.8, 4) is 39.9 Å². The Balaban J connectivity index is 1.24. The second-order valence-electron chi connectivity index (χ2n) is 12.2. The van der Waals surface area contributed by atoms with Crippen molar-refractivity contribution in [2.24, 2.45) is 0 Å². The normalized spacial score (nSPS) is 11.8. The van der Waals surface area contributed by atoms with Gasteiger partial charge in [-0.05, 0) is 41.8 Å². The van der Waals surface area contributed by atoms with E-state index in [-0.39, 0.29) is 0 Å². The molecule has 5 nitrogen and oxygen atoms in total. The molecule has 48 heavy (non-hydrogen) atoms. The monoisotopic (exact) mass is 613 g/mol. The molecule has 0 radical (unpaired) electrons. The van der Waals surface area contributed by atoms with Crippen LogP contribution in [0.1, 0.15) is 0 Å². The Labute approximate surface area is 275 Å². The molecule has 0 spiro atoms. The fourth-order valence-electron chi connectivity index (χ4n) is 7.18. The van der Waals surface area contributed by atoms with Crippen molar-refractivity contribution < 1.29 is 0 Å². The molecule has 10 aromatic rings. The van der Waals surface area contributed by atoms with Gasteiger partial charge in [-0.3, -0.25) is 0 Å². The molecule has 0 aliphatic carbocycles. The molecule has 0 amide bonds. The molecule has 0 bridgehead atoms. The van der Waals surface area contributed by atoms with Gasteiger partial charge < -0.3 is 9.55 Å². The van der Waals surface area contributed by atoms with Gasteiger partial charge in [0.15, 0.2) is 17.5 Å². The van der Waals surface area contributed by atoms with Crippen LogP contribution in [0.25, 0.3) is 94.2 Å². The summed E-state index contributed by atoms with van der Waals surface area (Å²) in [5.74, 6) is 1.95. The molecule has 10 rings (SSSR count). The van der Waals surface area contributed by atoms with Gasteiger partial charge >= 0.3 is 0 Å². The fraction of sp³-hybridized carbons (Fsp3) is 0. The van der Waals surface area contributed by atoms with Crippen LogP contribution >= 0.6 is 0 Å². The van der Waals surface area contributed by atoms with Crippen LogP contribution < -0.4 is 0 Å². The number of benzene rings is 7. The van der Waals surface area contributed by atoms with E-state index in [0.717, 1.165) is 49.7 Å². The van der Waals surface area contributed by atoms with Gasteiger partial charge in [0.2, 0.25) is 0 Å². The minimum atomic E-state index is 0.646. The van der Waals surface area contributed by atoms with Crippen molar-refractivity contribution in [1.29, 1.82) is 0 Å². The second kappa shape index (κ2) is 10.5. The van der Waals surface area contributed by atoms with E-state index >= 15 is 0 Å². The summed E-state index contributed by atoms with van der Waals surface area (Å²) in [5, 5.41) is 7.13. The van der Waals surface area contributed by atoms with Crippen molar-refractivity contribution in [3.05, 3.63) is 158 Å². The standard InChI is InChI=1S/C43H27N5/c1-3-13-27(14-4-1)41-45-42(28-15-5-2-6-16-28)47-43(46-41)33-23-24-39(31-19-8-7-17-29(31)33)48-38-22-12-10-20-32(38)35-25-34-30-18-9-11-21-36(30)44-37(34)26-40(35)48/h1-26,44H. The summed E-state index contributed by atoms with van der Waals surface area (Å²) in [6.07, 6.45) is 0. The highest BCUT2D eigenvalue weighted by Gasteiger charge is 2.19. The largest absolute Gasteiger partial charge is 0.354 e. The van der Waals surface area contributed by atoms with Crippen LogP contribution in [0.5, 0.6) is 0 Å². The molecule has 3 aromatic heterocycles.